The third kappa shape index (κ3) is 5.17. The van der Waals surface area contributed by atoms with Crippen molar-refractivity contribution in [3.63, 3.8) is 0 Å². The molecule has 0 aliphatic carbocycles. The Kier molecular flexibility index (Phi) is 6.43. The summed E-state index contributed by atoms with van der Waals surface area (Å²) < 4.78 is 0.718. The summed E-state index contributed by atoms with van der Waals surface area (Å²) in [5, 5.41) is 15.1. The van der Waals surface area contributed by atoms with Gasteiger partial charge in [0.05, 0.1) is 5.75 Å². The minimum absolute atomic E-state index is 0.00462. The molecular formula is C20H20N4O2S2. The number of hydrogen-bond acceptors (Lipinski definition) is 7. The Morgan fingerprint density at radius 2 is 1.71 bits per heavy atom. The summed E-state index contributed by atoms with van der Waals surface area (Å²) in [6.45, 7) is 5.59. The minimum atomic E-state index is -0.139. The van der Waals surface area contributed by atoms with Crippen LogP contribution >= 0.6 is 23.1 Å². The number of thioether (sulfide) groups is 1. The molecule has 0 aliphatic rings. The van der Waals surface area contributed by atoms with Crippen LogP contribution in [0.5, 0.6) is 0 Å². The molecule has 0 fully saturated rings. The molecule has 0 spiro atoms. The lowest BCUT2D eigenvalue weighted by Gasteiger charge is -2.09. The van der Waals surface area contributed by atoms with E-state index in [1.165, 1.54) is 30.0 Å². The zero-order chi connectivity index (χ0) is 20.1. The predicted molar refractivity (Wildman–Crippen MR) is 115 cm³/mol. The van der Waals surface area contributed by atoms with Crippen molar-refractivity contribution < 1.29 is 9.59 Å². The van der Waals surface area contributed by atoms with Crippen molar-refractivity contribution in [3.8, 4) is 0 Å². The van der Waals surface area contributed by atoms with Gasteiger partial charge in [0, 0.05) is 16.9 Å². The number of Topliss-reactive ketones (excluding diaryl/α,β-unsaturated/α-hetero) is 1. The van der Waals surface area contributed by atoms with Crippen molar-refractivity contribution in [2.24, 2.45) is 0 Å². The molecule has 0 saturated heterocycles. The number of carbonyl (C=O) groups excluding carboxylic acids is 2. The van der Waals surface area contributed by atoms with Crippen LogP contribution in [-0.2, 0) is 4.79 Å². The quantitative estimate of drug-likeness (QED) is 0.427. The lowest BCUT2D eigenvalue weighted by Crippen LogP contribution is -2.14. The van der Waals surface area contributed by atoms with E-state index in [4.69, 9.17) is 0 Å². The first kappa shape index (κ1) is 20.0. The van der Waals surface area contributed by atoms with E-state index in [0.29, 0.717) is 16.4 Å². The van der Waals surface area contributed by atoms with Crippen LogP contribution in [-0.4, -0.2) is 27.6 Å². The van der Waals surface area contributed by atoms with Gasteiger partial charge in [0.1, 0.15) is 0 Å². The number of para-hydroxylation sites is 1. The SMILES string of the molecule is CC(=O)c1ccc(NC(=O)CSc2nnc(Nc3c(C)cccc3C)s2)cc1. The number of benzene rings is 2. The van der Waals surface area contributed by atoms with E-state index < -0.39 is 0 Å². The number of amides is 1. The summed E-state index contributed by atoms with van der Waals surface area (Å²) in [5.41, 5.74) is 4.58. The molecule has 0 bridgehead atoms. The standard InChI is InChI=1S/C20H20N4O2S2/c1-12-5-4-6-13(2)18(12)22-19-23-24-20(28-19)27-11-17(26)21-16-9-7-15(8-10-16)14(3)25/h4-10H,11H2,1-3H3,(H,21,26)(H,22,23). The Bertz CT molecular complexity index is 979. The molecule has 6 nitrogen and oxygen atoms in total. The smallest absolute Gasteiger partial charge is 0.234 e. The van der Waals surface area contributed by atoms with E-state index in [1.54, 1.807) is 24.3 Å². The van der Waals surface area contributed by atoms with Gasteiger partial charge in [-0.2, -0.15) is 0 Å². The van der Waals surface area contributed by atoms with Crippen LogP contribution < -0.4 is 10.6 Å². The molecule has 144 valence electrons. The van der Waals surface area contributed by atoms with Crippen molar-refractivity contribution in [2.45, 2.75) is 25.1 Å². The van der Waals surface area contributed by atoms with Crippen LogP contribution in [0.25, 0.3) is 0 Å². The molecule has 0 saturated carbocycles. The van der Waals surface area contributed by atoms with E-state index in [2.05, 4.69) is 20.8 Å². The zero-order valence-electron chi connectivity index (χ0n) is 15.8. The molecule has 1 amide bonds. The van der Waals surface area contributed by atoms with Crippen LogP contribution in [0.4, 0.5) is 16.5 Å². The third-order valence-corrected chi connectivity index (χ3v) is 5.99. The fraction of sp³-hybridized carbons (Fsp3) is 0.200. The molecule has 0 atom stereocenters. The Hall–Kier alpha value is -2.71. The Balaban J connectivity index is 1.54. The Labute approximate surface area is 171 Å². The van der Waals surface area contributed by atoms with Gasteiger partial charge < -0.3 is 10.6 Å². The first-order valence-corrected chi connectivity index (χ1v) is 10.4. The zero-order valence-corrected chi connectivity index (χ0v) is 17.4. The van der Waals surface area contributed by atoms with Crippen LogP contribution in [0.15, 0.2) is 46.8 Å². The van der Waals surface area contributed by atoms with Crippen molar-refractivity contribution in [2.75, 3.05) is 16.4 Å². The molecule has 1 heterocycles. The summed E-state index contributed by atoms with van der Waals surface area (Å²) in [6, 6.07) is 12.9. The van der Waals surface area contributed by atoms with Gasteiger partial charge in [0.2, 0.25) is 11.0 Å². The highest BCUT2D eigenvalue weighted by molar-refractivity contribution is 8.01. The highest BCUT2D eigenvalue weighted by atomic mass is 32.2. The highest BCUT2D eigenvalue weighted by Crippen LogP contribution is 2.30. The maximum Gasteiger partial charge on any atom is 0.234 e. The number of aromatic nitrogens is 2. The second-order valence-electron chi connectivity index (χ2n) is 6.24. The molecule has 0 aliphatic heterocycles. The van der Waals surface area contributed by atoms with Crippen LogP contribution in [0.3, 0.4) is 0 Å². The van der Waals surface area contributed by atoms with Gasteiger partial charge in [0.15, 0.2) is 10.1 Å². The summed E-state index contributed by atoms with van der Waals surface area (Å²) in [5.74, 6) is 0.0852. The summed E-state index contributed by atoms with van der Waals surface area (Å²) >= 11 is 2.75. The Morgan fingerprint density at radius 1 is 1.04 bits per heavy atom. The number of hydrogen-bond donors (Lipinski definition) is 2. The summed E-state index contributed by atoms with van der Waals surface area (Å²) in [6.07, 6.45) is 0. The highest BCUT2D eigenvalue weighted by Gasteiger charge is 2.11. The number of rotatable bonds is 7. The molecule has 3 aromatic rings. The number of anilines is 3. The monoisotopic (exact) mass is 412 g/mol. The molecular weight excluding hydrogens is 392 g/mol. The Morgan fingerprint density at radius 3 is 2.36 bits per heavy atom. The third-order valence-electron chi connectivity index (χ3n) is 4.02. The van der Waals surface area contributed by atoms with Gasteiger partial charge in [-0.25, -0.2) is 0 Å². The first-order valence-electron chi connectivity index (χ1n) is 8.63. The number of ketones is 1. The van der Waals surface area contributed by atoms with Crippen LogP contribution in [0, 0.1) is 13.8 Å². The van der Waals surface area contributed by atoms with E-state index in [-0.39, 0.29) is 17.4 Å². The minimum Gasteiger partial charge on any atom is -0.330 e. The van der Waals surface area contributed by atoms with Crippen LogP contribution in [0.1, 0.15) is 28.4 Å². The van der Waals surface area contributed by atoms with Crippen LogP contribution in [0.2, 0.25) is 0 Å². The number of nitrogens with zero attached hydrogens (tertiary/aromatic N) is 2. The molecule has 2 aromatic carbocycles. The van der Waals surface area contributed by atoms with Gasteiger partial charge in [-0.15, -0.1) is 10.2 Å². The van der Waals surface area contributed by atoms with E-state index in [0.717, 1.165) is 21.2 Å². The number of nitrogens with one attached hydrogen (secondary N) is 2. The first-order chi connectivity index (χ1) is 13.4. The van der Waals surface area contributed by atoms with Crippen molar-refractivity contribution in [1.29, 1.82) is 0 Å². The molecule has 3 rings (SSSR count). The van der Waals surface area contributed by atoms with Crippen molar-refractivity contribution in [1.82, 2.24) is 10.2 Å². The van der Waals surface area contributed by atoms with Gasteiger partial charge in [-0.3, -0.25) is 9.59 Å². The number of carbonyl (C=O) groups is 2. The lowest BCUT2D eigenvalue weighted by molar-refractivity contribution is -0.113. The van der Waals surface area contributed by atoms with Crippen molar-refractivity contribution >= 4 is 51.3 Å². The average Bonchev–Trinajstić information content (AvgIpc) is 3.11. The largest absolute Gasteiger partial charge is 0.330 e. The second-order valence-corrected chi connectivity index (χ2v) is 8.44. The number of aryl methyl sites for hydroxylation is 2. The predicted octanol–water partition coefficient (Wildman–Crippen LogP) is 4.83. The maximum atomic E-state index is 12.1. The normalized spacial score (nSPS) is 10.5. The van der Waals surface area contributed by atoms with E-state index in [9.17, 15) is 9.59 Å². The molecule has 2 N–H and O–H groups in total. The molecule has 0 radical (unpaired) electrons. The van der Waals surface area contributed by atoms with Gasteiger partial charge in [-0.05, 0) is 56.2 Å². The maximum absolute atomic E-state index is 12.1. The fourth-order valence-electron chi connectivity index (χ4n) is 2.55. The topological polar surface area (TPSA) is 84.0 Å². The summed E-state index contributed by atoms with van der Waals surface area (Å²) in [7, 11) is 0. The van der Waals surface area contributed by atoms with Crippen molar-refractivity contribution in [3.05, 3.63) is 59.2 Å². The lowest BCUT2D eigenvalue weighted by atomic mass is 10.1. The summed E-state index contributed by atoms with van der Waals surface area (Å²) in [4.78, 5) is 23.4. The fourth-order valence-corrected chi connectivity index (χ4v) is 4.11. The average molecular weight is 413 g/mol. The van der Waals surface area contributed by atoms with Gasteiger partial charge >= 0.3 is 0 Å². The second kappa shape index (κ2) is 8.99. The molecule has 8 heteroatoms. The van der Waals surface area contributed by atoms with Gasteiger partial charge in [0.25, 0.3) is 0 Å². The molecule has 1 aromatic heterocycles. The van der Waals surface area contributed by atoms with E-state index in [1.807, 2.05) is 32.0 Å². The van der Waals surface area contributed by atoms with E-state index >= 15 is 0 Å². The molecule has 0 unspecified atom stereocenters. The molecule has 28 heavy (non-hydrogen) atoms. The van der Waals surface area contributed by atoms with Gasteiger partial charge in [-0.1, -0.05) is 41.3 Å².